The quantitative estimate of drug-likeness (QED) is 0.302. The number of hydrogen-bond donors (Lipinski definition) is 4. The van der Waals surface area contributed by atoms with Crippen LogP contribution >= 0.6 is 0 Å². The van der Waals surface area contributed by atoms with Gasteiger partial charge in [0.15, 0.2) is 6.23 Å². The van der Waals surface area contributed by atoms with Crippen molar-refractivity contribution in [1.29, 1.82) is 0 Å². The molecule has 2 heterocycles. The molecule has 0 saturated carbocycles. The average molecular weight is 353 g/mol. The highest BCUT2D eigenvalue weighted by molar-refractivity contribution is 5.10. The van der Waals surface area contributed by atoms with Gasteiger partial charge >= 0.3 is 11.9 Å². The summed E-state index contributed by atoms with van der Waals surface area (Å²) in [5.74, 6) is 0. The summed E-state index contributed by atoms with van der Waals surface area (Å²) >= 11 is 0. The SMILES string of the molecule is [N-]=[N+]=N[C@]1(CO)O[C@@H](n2cc(C(F)(F)F)c(=O)[nH]c2=O)[C@H](O)[C@@H]1O. The molecule has 1 aromatic rings. The lowest BCUT2D eigenvalue weighted by Crippen LogP contribution is -2.44. The first-order chi connectivity index (χ1) is 11.1. The lowest BCUT2D eigenvalue weighted by molar-refractivity contribution is -0.141. The van der Waals surface area contributed by atoms with Crippen LogP contribution in [0.15, 0.2) is 20.9 Å². The van der Waals surface area contributed by atoms with E-state index in [1.165, 1.54) is 4.98 Å². The number of azide groups is 1. The lowest BCUT2D eigenvalue weighted by atomic mass is 10.1. The summed E-state index contributed by atoms with van der Waals surface area (Å²) in [6, 6.07) is 0. The molecule has 0 radical (unpaired) electrons. The van der Waals surface area contributed by atoms with Crippen LogP contribution in [0.3, 0.4) is 0 Å². The third-order valence-corrected chi connectivity index (χ3v) is 3.39. The number of rotatable bonds is 3. The number of hydrogen-bond acceptors (Lipinski definition) is 7. The molecule has 1 aliphatic heterocycles. The van der Waals surface area contributed by atoms with E-state index in [0.717, 1.165) is 0 Å². The molecule has 1 aromatic heterocycles. The van der Waals surface area contributed by atoms with E-state index in [1.807, 2.05) is 0 Å². The number of aliphatic hydroxyl groups is 3. The van der Waals surface area contributed by atoms with Crippen molar-refractivity contribution in [3.8, 4) is 0 Å². The van der Waals surface area contributed by atoms with E-state index in [4.69, 9.17) is 10.3 Å². The molecule has 1 aliphatic rings. The summed E-state index contributed by atoms with van der Waals surface area (Å²) in [7, 11) is 0. The molecule has 0 bridgehead atoms. The van der Waals surface area contributed by atoms with E-state index in [0.29, 0.717) is 0 Å². The number of halogens is 3. The number of alkyl halides is 3. The van der Waals surface area contributed by atoms with Gasteiger partial charge in [0.25, 0.3) is 5.56 Å². The van der Waals surface area contributed by atoms with Gasteiger partial charge in [-0.15, -0.1) is 0 Å². The van der Waals surface area contributed by atoms with Crippen LogP contribution in [0.4, 0.5) is 13.2 Å². The minimum absolute atomic E-state index is 0.0886. The van der Waals surface area contributed by atoms with Crippen LogP contribution in [0.25, 0.3) is 10.4 Å². The zero-order valence-electron chi connectivity index (χ0n) is 11.5. The van der Waals surface area contributed by atoms with Gasteiger partial charge in [0.2, 0.25) is 5.72 Å². The predicted octanol–water partition coefficient (Wildman–Crippen LogP) is -1.20. The Labute approximate surface area is 129 Å². The number of H-pyrrole nitrogens is 1. The molecule has 24 heavy (non-hydrogen) atoms. The van der Waals surface area contributed by atoms with Gasteiger partial charge in [-0.1, -0.05) is 5.11 Å². The number of nitrogens with one attached hydrogen (secondary N) is 1. The van der Waals surface area contributed by atoms with E-state index in [9.17, 15) is 38.1 Å². The second kappa shape index (κ2) is 5.92. The molecule has 14 heteroatoms. The van der Waals surface area contributed by atoms with Crippen LogP contribution in [-0.4, -0.2) is 49.4 Å². The van der Waals surface area contributed by atoms with E-state index in [2.05, 4.69) is 10.0 Å². The van der Waals surface area contributed by atoms with Gasteiger partial charge in [-0.2, -0.15) is 13.2 Å². The zero-order valence-corrected chi connectivity index (χ0v) is 11.5. The van der Waals surface area contributed by atoms with Crippen LogP contribution in [0, 0.1) is 0 Å². The van der Waals surface area contributed by atoms with Gasteiger partial charge in [0.1, 0.15) is 17.8 Å². The molecule has 0 unspecified atom stereocenters. The second-order valence-corrected chi connectivity index (χ2v) is 4.84. The minimum atomic E-state index is -5.11. The van der Waals surface area contributed by atoms with E-state index in [1.54, 1.807) is 0 Å². The Hall–Kier alpha value is -2.38. The largest absolute Gasteiger partial charge is 0.423 e. The number of nitrogens with zero attached hydrogens (tertiary/aromatic N) is 4. The molecule has 0 amide bonds. The van der Waals surface area contributed by atoms with Crippen LogP contribution in [0.2, 0.25) is 0 Å². The Bertz CT molecular complexity index is 799. The molecule has 1 saturated heterocycles. The number of aromatic nitrogens is 2. The van der Waals surface area contributed by atoms with Crippen LogP contribution in [0.5, 0.6) is 0 Å². The molecule has 2 rings (SSSR count). The van der Waals surface area contributed by atoms with Gasteiger partial charge in [-0.25, -0.2) is 4.79 Å². The fraction of sp³-hybridized carbons (Fsp3) is 0.600. The Morgan fingerprint density at radius 1 is 1.46 bits per heavy atom. The molecule has 4 atom stereocenters. The van der Waals surface area contributed by atoms with Crippen molar-refractivity contribution in [2.75, 3.05) is 6.61 Å². The number of aromatic amines is 1. The van der Waals surface area contributed by atoms with Gasteiger partial charge in [0.05, 0.1) is 6.61 Å². The average Bonchev–Trinajstić information content (AvgIpc) is 2.72. The monoisotopic (exact) mass is 353 g/mol. The topological polar surface area (TPSA) is 174 Å². The highest BCUT2D eigenvalue weighted by Gasteiger charge is 2.55. The lowest BCUT2D eigenvalue weighted by Gasteiger charge is -2.23. The second-order valence-electron chi connectivity index (χ2n) is 4.84. The number of aliphatic hydroxyl groups excluding tert-OH is 3. The Morgan fingerprint density at radius 3 is 2.58 bits per heavy atom. The first-order valence-corrected chi connectivity index (χ1v) is 6.21. The molecule has 132 valence electrons. The Balaban J connectivity index is 2.59. The van der Waals surface area contributed by atoms with Crippen molar-refractivity contribution < 1.29 is 33.2 Å². The highest BCUT2D eigenvalue weighted by atomic mass is 19.4. The third kappa shape index (κ3) is 2.76. The van der Waals surface area contributed by atoms with Crippen LogP contribution < -0.4 is 11.2 Å². The van der Waals surface area contributed by atoms with Crippen molar-refractivity contribution in [2.45, 2.75) is 30.3 Å². The normalized spacial score (nSPS) is 30.2. The first kappa shape index (κ1) is 18.0. The fourth-order valence-electron chi connectivity index (χ4n) is 2.19. The summed E-state index contributed by atoms with van der Waals surface area (Å²) in [5, 5.41) is 31.9. The van der Waals surface area contributed by atoms with Crippen molar-refractivity contribution in [2.24, 2.45) is 5.11 Å². The molecule has 4 N–H and O–H groups in total. The fourth-order valence-corrected chi connectivity index (χ4v) is 2.19. The van der Waals surface area contributed by atoms with Crippen molar-refractivity contribution >= 4 is 0 Å². The zero-order chi connectivity index (χ0) is 18.3. The molecule has 0 aromatic carbocycles. The van der Waals surface area contributed by atoms with Gasteiger partial charge in [0, 0.05) is 11.1 Å². The molecule has 0 aliphatic carbocycles. The summed E-state index contributed by atoms with van der Waals surface area (Å²) in [6.07, 6.45) is -11.1. The molecule has 1 fully saturated rings. The van der Waals surface area contributed by atoms with Gasteiger partial charge in [-0.05, 0) is 5.53 Å². The van der Waals surface area contributed by atoms with Crippen molar-refractivity contribution in [3.63, 3.8) is 0 Å². The standard InChI is InChI=1S/C10H10F3N5O6/c11-10(12,13)3-1-18(8(23)15-6(3)22)7-4(20)5(21)9(2-19,24-7)16-17-14/h1,4-5,7,19-21H,2H2,(H,15,22,23)/t4-,5+,7-,9-/m1/s1. The minimum Gasteiger partial charge on any atom is -0.393 e. The van der Waals surface area contributed by atoms with Crippen molar-refractivity contribution in [3.05, 3.63) is 43.0 Å². The van der Waals surface area contributed by atoms with Crippen molar-refractivity contribution in [1.82, 2.24) is 9.55 Å². The molecular formula is C10H10F3N5O6. The summed E-state index contributed by atoms with van der Waals surface area (Å²) < 4.78 is 43.4. The maximum atomic E-state index is 12.8. The van der Waals surface area contributed by atoms with Crippen LogP contribution in [-0.2, 0) is 10.9 Å². The van der Waals surface area contributed by atoms with Gasteiger partial charge in [-0.3, -0.25) is 14.3 Å². The van der Waals surface area contributed by atoms with E-state index >= 15 is 0 Å². The van der Waals surface area contributed by atoms with Crippen LogP contribution in [0.1, 0.15) is 11.8 Å². The smallest absolute Gasteiger partial charge is 0.393 e. The van der Waals surface area contributed by atoms with Gasteiger partial charge < -0.3 is 20.1 Å². The molecule has 0 spiro atoms. The maximum absolute atomic E-state index is 12.8. The molecular weight excluding hydrogens is 343 g/mol. The Morgan fingerprint density at radius 2 is 2.08 bits per heavy atom. The first-order valence-electron chi connectivity index (χ1n) is 6.21. The Kier molecular flexibility index (Phi) is 4.43. The number of ether oxygens (including phenoxy) is 1. The summed E-state index contributed by atoms with van der Waals surface area (Å²) in [6.45, 7) is -1.13. The van der Waals surface area contributed by atoms with E-state index < -0.39 is 53.8 Å². The predicted molar refractivity (Wildman–Crippen MR) is 67.4 cm³/mol. The third-order valence-electron chi connectivity index (χ3n) is 3.39. The highest BCUT2D eigenvalue weighted by Crippen LogP contribution is 2.38. The maximum Gasteiger partial charge on any atom is 0.423 e. The molecule has 11 nitrogen and oxygen atoms in total. The summed E-state index contributed by atoms with van der Waals surface area (Å²) in [5.41, 5.74) is 1.19. The summed E-state index contributed by atoms with van der Waals surface area (Å²) in [4.78, 5) is 26.7. The van der Waals surface area contributed by atoms with E-state index in [-0.39, 0.29) is 10.8 Å².